The Morgan fingerprint density at radius 1 is 1.04 bits per heavy atom. The lowest BCUT2D eigenvalue weighted by Crippen LogP contribution is -2.13. The molecule has 0 saturated heterocycles. The fourth-order valence-electron chi connectivity index (χ4n) is 2.20. The Kier molecular flexibility index (Phi) is 4.95. The number of carbonyl (C=O) groups is 1. The first-order valence-electron chi connectivity index (χ1n) is 7.63. The molecule has 25 heavy (non-hydrogen) atoms. The molecule has 0 radical (unpaired) electrons. The van der Waals surface area contributed by atoms with Crippen LogP contribution in [0.4, 0.5) is 10.8 Å². The number of methoxy groups -OCH3 is 1. The molecule has 1 amide bonds. The smallest absolute Gasteiger partial charge is 0.257 e. The van der Waals surface area contributed by atoms with Crippen LogP contribution in [0.5, 0.6) is 5.75 Å². The third-order valence-corrected chi connectivity index (χ3v) is 4.52. The van der Waals surface area contributed by atoms with Crippen LogP contribution >= 0.6 is 11.3 Å². The van der Waals surface area contributed by atoms with E-state index in [1.807, 2.05) is 55.4 Å². The second-order valence-electron chi connectivity index (χ2n) is 5.54. The van der Waals surface area contributed by atoms with Crippen LogP contribution in [-0.4, -0.2) is 37.3 Å². The summed E-state index contributed by atoms with van der Waals surface area (Å²) in [6.07, 6.45) is 0. The van der Waals surface area contributed by atoms with Crippen molar-refractivity contribution in [3.8, 4) is 16.3 Å². The quantitative estimate of drug-likeness (QED) is 0.759. The molecular formula is C18H18N4O2S. The molecule has 7 heteroatoms. The van der Waals surface area contributed by atoms with Gasteiger partial charge in [-0.2, -0.15) is 0 Å². The van der Waals surface area contributed by atoms with E-state index in [2.05, 4.69) is 15.5 Å². The van der Waals surface area contributed by atoms with Crippen LogP contribution in [0.1, 0.15) is 10.4 Å². The number of ether oxygens (including phenoxy) is 1. The van der Waals surface area contributed by atoms with Gasteiger partial charge in [-0.1, -0.05) is 11.3 Å². The predicted molar refractivity (Wildman–Crippen MR) is 101 cm³/mol. The van der Waals surface area contributed by atoms with E-state index in [0.29, 0.717) is 10.7 Å². The molecule has 0 fully saturated rings. The Balaban J connectivity index is 1.70. The number of rotatable bonds is 5. The van der Waals surface area contributed by atoms with E-state index in [1.165, 1.54) is 11.3 Å². The van der Waals surface area contributed by atoms with Crippen molar-refractivity contribution >= 4 is 28.1 Å². The van der Waals surface area contributed by atoms with Gasteiger partial charge in [-0.3, -0.25) is 10.1 Å². The molecule has 1 aromatic heterocycles. The number of hydrogen-bond donors (Lipinski definition) is 1. The number of anilines is 2. The molecular weight excluding hydrogens is 336 g/mol. The highest BCUT2D eigenvalue weighted by Crippen LogP contribution is 2.28. The van der Waals surface area contributed by atoms with E-state index in [4.69, 9.17) is 4.74 Å². The van der Waals surface area contributed by atoms with Gasteiger partial charge in [0.1, 0.15) is 10.8 Å². The standard InChI is InChI=1S/C18H18N4O2S/c1-22(2)14-8-4-12(5-9-14)16(23)19-18-21-20-17(25-18)13-6-10-15(24-3)11-7-13/h4-11H,1-3H3,(H,19,21,23). The molecule has 2 aromatic carbocycles. The summed E-state index contributed by atoms with van der Waals surface area (Å²) >= 11 is 1.33. The van der Waals surface area contributed by atoms with E-state index >= 15 is 0 Å². The lowest BCUT2D eigenvalue weighted by atomic mass is 10.2. The van der Waals surface area contributed by atoms with Gasteiger partial charge in [0, 0.05) is 30.9 Å². The lowest BCUT2D eigenvalue weighted by molar-refractivity contribution is 0.102. The minimum atomic E-state index is -0.206. The summed E-state index contributed by atoms with van der Waals surface area (Å²) in [6, 6.07) is 14.9. The number of benzene rings is 2. The molecule has 0 bridgehead atoms. The lowest BCUT2D eigenvalue weighted by Gasteiger charge is -2.12. The molecule has 1 N–H and O–H groups in total. The average molecular weight is 354 g/mol. The number of nitrogens with zero attached hydrogens (tertiary/aromatic N) is 3. The molecule has 0 saturated carbocycles. The topological polar surface area (TPSA) is 67.4 Å². The Labute approximate surface area is 150 Å². The molecule has 6 nitrogen and oxygen atoms in total. The Morgan fingerprint density at radius 2 is 1.72 bits per heavy atom. The molecule has 3 aromatic rings. The monoisotopic (exact) mass is 354 g/mol. The van der Waals surface area contributed by atoms with Gasteiger partial charge >= 0.3 is 0 Å². The maximum absolute atomic E-state index is 12.3. The molecule has 128 valence electrons. The summed E-state index contributed by atoms with van der Waals surface area (Å²) in [5, 5.41) is 12.2. The highest BCUT2D eigenvalue weighted by atomic mass is 32.1. The van der Waals surface area contributed by atoms with Crippen LogP contribution in [0.15, 0.2) is 48.5 Å². The second-order valence-corrected chi connectivity index (χ2v) is 6.51. The summed E-state index contributed by atoms with van der Waals surface area (Å²) in [5.41, 5.74) is 2.54. The number of carbonyl (C=O) groups excluding carboxylic acids is 1. The zero-order valence-corrected chi connectivity index (χ0v) is 15.0. The van der Waals surface area contributed by atoms with Crippen LogP contribution < -0.4 is 15.0 Å². The van der Waals surface area contributed by atoms with E-state index < -0.39 is 0 Å². The molecule has 0 aliphatic carbocycles. The van der Waals surface area contributed by atoms with Crippen molar-refractivity contribution in [2.45, 2.75) is 0 Å². The van der Waals surface area contributed by atoms with Gasteiger partial charge in [0.15, 0.2) is 0 Å². The molecule has 0 aliphatic rings. The zero-order chi connectivity index (χ0) is 17.8. The fourth-order valence-corrected chi connectivity index (χ4v) is 2.95. The van der Waals surface area contributed by atoms with Crippen molar-refractivity contribution in [3.05, 3.63) is 54.1 Å². The van der Waals surface area contributed by atoms with E-state index in [0.717, 1.165) is 22.0 Å². The maximum Gasteiger partial charge on any atom is 0.257 e. The van der Waals surface area contributed by atoms with Crippen LogP contribution in [0.2, 0.25) is 0 Å². The normalized spacial score (nSPS) is 10.4. The zero-order valence-electron chi connectivity index (χ0n) is 14.2. The minimum absolute atomic E-state index is 0.206. The van der Waals surface area contributed by atoms with Crippen molar-refractivity contribution in [2.75, 3.05) is 31.4 Å². The van der Waals surface area contributed by atoms with Crippen LogP contribution in [0.3, 0.4) is 0 Å². The van der Waals surface area contributed by atoms with E-state index in [9.17, 15) is 4.79 Å². The molecule has 0 aliphatic heterocycles. The van der Waals surface area contributed by atoms with Gasteiger partial charge < -0.3 is 9.64 Å². The number of aromatic nitrogens is 2. The predicted octanol–water partition coefficient (Wildman–Crippen LogP) is 3.53. The Morgan fingerprint density at radius 3 is 2.32 bits per heavy atom. The van der Waals surface area contributed by atoms with Gasteiger partial charge in [0.25, 0.3) is 5.91 Å². The molecule has 1 heterocycles. The maximum atomic E-state index is 12.3. The molecule has 0 atom stereocenters. The van der Waals surface area contributed by atoms with Crippen molar-refractivity contribution in [1.82, 2.24) is 10.2 Å². The highest BCUT2D eigenvalue weighted by Gasteiger charge is 2.11. The number of nitrogens with one attached hydrogen (secondary N) is 1. The first kappa shape index (κ1) is 16.9. The van der Waals surface area contributed by atoms with E-state index in [-0.39, 0.29) is 5.91 Å². The minimum Gasteiger partial charge on any atom is -0.497 e. The van der Waals surface area contributed by atoms with Crippen LogP contribution in [0.25, 0.3) is 10.6 Å². The van der Waals surface area contributed by atoms with Crippen molar-refractivity contribution in [3.63, 3.8) is 0 Å². The summed E-state index contributed by atoms with van der Waals surface area (Å²) in [4.78, 5) is 14.3. The van der Waals surface area contributed by atoms with Crippen LogP contribution in [0, 0.1) is 0 Å². The third-order valence-electron chi connectivity index (χ3n) is 3.63. The Bertz CT molecular complexity index is 858. The molecule has 3 rings (SSSR count). The summed E-state index contributed by atoms with van der Waals surface area (Å²) < 4.78 is 5.14. The van der Waals surface area contributed by atoms with Gasteiger partial charge in [0.2, 0.25) is 5.13 Å². The summed E-state index contributed by atoms with van der Waals surface area (Å²) in [5.74, 6) is 0.575. The fraction of sp³-hybridized carbons (Fsp3) is 0.167. The average Bonchev–Trinajstić information content (AvgIpc) is 3.10. The van der Waals surface area contributed by atoms with Gasteiger partial charge in [0.05, 0.1) is 7.11 Å². The summed E-state index contributed by atoms with van der Waals surface area (Å²) in [7, 11) is 5.53. The van der Waals surface area contributed by atoms with Crippen molar-refractivity contribution in [2.24, 2.45) is 0 Å². The van der Waals surface area contributed by atoms with Crippen molar-refractivity contribution < 1.29 is 9.53 Å². The Hall–Kier alpha value is -2.93. The summed E-state index contributed by atoms with van der Waals surface area (Å²) in [6.45, 7) is 0. The molecule has 0 unspecified atom stereocenters. The third kappa shape index (κ3) is 3.95. The second kappa shape index (κ2) is 7.31. The van der Waals surface area contributed by atoms with Gasteiger partial charge in [-0.15, -0.1) is 10.2 Å². The van der Waals surface area contributed by atoms with Crippen LogP contribution in [-0.2, 0) is 0 Å². The first-order valence-corrected chi connectivity index (χ1v) is 8.45. The largest absolute Gasteiger partial charge is 0.497 e. The van der Waals surface area contributed by atoms with Gasteiger partial charge in [-0.25, -0.2) is 0 Å². The first-order chi connectivity index (χ1) is 12.1. The van der Waals surface area contributed by atoms with Gasteiger partial charge in [-0.05, 0) is 48.5 Å². The molecule has 0 spiro atoms. The number of hydrogen-bond acceptors (Lipinski definition) is 6. The van der Waals surface area contributed by atoms with E-state index in [1.54, 1.807) is 19.2 Å². The van der Waals surface area contributed by atoms with Crippen molar-refractivity contribution in [1.29, 1.82) is 0 Å². The highest BCUT2D eigenvalue weighted by molar-refractivity contribution is 7.18. The SMILES string of the molecule is COc1ccc(-c2nnc(NC(=O)c3ccc(N(C)C)cc3)s2)cc1. The number of amides is 1.